The maximum Gasteiger partial charge on any atom is 0.190 e. The van der Waals surface area contributed by atoms with E-state index in [9.17, 15) is 24.9 Å². The van der Waals surface area contributed by atoms with Crippen LogP contribution < -0.4 is 0 Å². The summed E-state index contributed by atoms with van der Waals surface area (Å²) in [5, 5.41) is 32.4. The molecule has 0 saturated heterocycles. The van der Waals surface area contributed by atoms with Crippen molar-refractivity contribution in [2.24, 2.45) is 22.7 Å². The van der Waals surface area contributed by atoms with E-state index in [0.717, 1.165) is 18.4 Å². The summed E-state index contributed by atoms with van der Waals surface area (Å²) in [7, 11) is 0. The molecule has 144 valence electrons. The molecule has 0 bridgehead atoms. The summed E-state index contributed by atoms with van der Waals surface area (Å²) in [6.07, 6.45) is 6.63. The van der Waals surface area contributed by atoms with Gasteiger partial charge in [0.15, 0.2) is 11.6 Å². The van der Waals surface area contributed by atoms with Crippen molar-refractivity contribution in [1.82, 2.24) is 0 Å². The van der Waals surface area contributed by atoms with Gasteiger partial charge < -0.3 is 15.3 Å². The first kappa shape index (κ1) is 18.3. The molecular weight excluding hydrogens is 332 g/mol. The summed E-state index contributed by atoms with van der Waals surface area (Å²) in [6, 6.07) is 0. The zero-order valence-electron chi connectivity index (χ0n) is 15.8. The maximum absolute atomic E-state index is 12.4. The molecule has 4 aliphatic rings. The van der Waals surface area contributed by atoms with Crippen molar-refractivity contribution in [1.29, 1.82) is 0 Å². The lowest BCUT2D eigenvalue weighted by molar-refractivity contribution is -0.210. The second kappa shape index (κ2) is 5.49. The fourth-order valence-electron chi connectivity index (χ4n) is 7.11. The van der Waals surface area contributed by atoms with Crippen molar-refractivity contribution in [3.8, 4) is 0 Å². The van der Waals surface area contributed by atoms with E-state index in [0.29, 0.717) is 38.5 Å². The minimum atomic E-state index is -1.49. The van der Waals surface area contributed by atoms with Crippen LogP contribution in [-0.2, 0) is 9.59 Å². The minimum absolute atomic E-state index is 0.0112. The number of ketones is 2. The third-order valence-corrected chi connectivity index (χ3v) is 8.91. The highest BCUT2D eigenvalue weighted by atomic mass is 16.3. The predicted molar refractivity (Wildman–Crippen MR) is 95.2 cm³/mol. The molecule has 3 fully saturated rings. The SMILES string of the molecule is C[C@]12CCC(=O)C=C1CC[C@H]1[C@@H]3CC[C@](O)(C(=O)CO)[C@@]3(C)CC[C@@]12O. The second-order valence-corrected chi connectivity index (χ2v) is 9.54. The predicted octanol–water partition coefficient (Wildman–Crippen LogP) is 1.93. The van der Waals surface area contributed by atoms with Gasteiger partial charge in [0.05, 0.1) is 5.60 Å². The number of rotatable bonds is 2. The van der Waals surface area contributed by atoms with Crippen molar-refractivity contribution >= 4 is 11.6 Å². The molecule has 0 unspecified atom stereocenters. The summed E-state index contributed by atoms with van der Waals surface area (Å²) in [5.74, 6) is -0.266. The molecule has 3 saturated carbocycles. The van der Waals surface area contributed by atoms with Crippen LogP contribution in [0.5, 0.6) is 0 Å². The Hall–Kier alpha value is -1.04. The summed E-state index contributed by atoms with van der Waals surface area (Å²) >= 11 is 0. The highest BCUT2D eigenvalue weighted by Crippen LogP contribution is 2.69. The molecule has 0 radical (unpaired) electrons. The van der Waals surface area contributed by atoms with Gasteiger partial charge in [-0.15, -0.1) is 0 Å². The number of hydrogen-bond acceptors (Lipinski definition) is 5. The maximum atomic E-state index is 12.4. The van der Waals surface area contributed by atoms with Gasteiger partial charge in [0.1, 0.15) is 12.2 Å². The van der Waals surface area contributed by atoms with Crippen LogP contribution >= 0.6 is 0 Å². The molecular formula is C21H30O5. The van der Waals surface area contributed by atoms with Crippen LogP contribution in [0.1, 0.15) is 65.2 Å². The smallest absolute Gasteiger partial charge is 0.190 e. The molecule has 0 aliphatic heterocycles. The van der Waals surface area contributed by atoms with Gasteiger partial charge in [-0.3, -0.25) is 9.59 Å². The van der Waals surface area contributed by atoms with E-state index in [1.54, 1.807) is 6.08 Å². The van der Waals surface area contributed by atoms with Crippen LogP contribution in [0.3, 0.4) is 0 Å². The fourth-order valence-corrected chi connectivity index (χ4v) is 7.11. The Kier molecular flexibility index (Phi) is 3.87. The van der Waals surface area contributed by atoms with E-state index in [1.807, 2.05) is 6.92 Å². The van der Waals surface area contributed by atoms with Gasteiger partial charge in [-0.05, 0) is 62.9 Å². The lowest BCUT2D eigenvalue weighted by Gasteiger charge is -2.63. The first-order chi connectivity index (χ1) is 12.1. The minimum Gasteiger partial charge on any atom is -0.389 e. The Balaban J connectivity index is 1.74. The highest BCUT2D eigenvalue weighted by molar-refractivity contribution is 5.92. The quantitative estimate of drug-likeness (QED) is 0.698. The van der Waals surface area contributed by atoms with E-state index < -0.39 is 34.4 Å². The highest BCUT2D eigenvalue weighted by Gasteiger charge is 2.70. The third kappa shape index (κ3) is 1.97. The third-order valence-electron chi connectivity index (χ3n) is 8.91. The Morgan fingerprint density at radius 3 is 2.50 bits per heavy atom. The molecule has 0 aromatic rings. The van der Waals surface area contributed by atoms with E-state index >= 15 is 0 Å². The molecule has 3 N–H and O–H groups in total. The van der Waals surface area contributed by atoms with Crippen molar-refractivity contribution in [3.63, 3.8) is 0 Å². The molecule has 6 atom stereocenters. The molecule has 4 rings (SSSR count). The first-order valence-electron chi connectivity index (χ1n) is 9.95. The Morgan fingerprint density at radius 1 is 1.08 bits per heavy atom. The Labute approximate surface area is 154 Å². The van der Waals surface area contributed by atoms with Crippen LogP contribution in [0.15, 0.2) is 11.6 Å². The molecule has 0 amide bonds. The van der Waals surface area contributed by atoms with Crippen molar-refractivity contribution < 1.29 is 24.9 Å². The summed E-state index contributed by atoms with van der Waals surface area (Å²) in [5.41, 5.74) is -2.31. The molecule has 26 heavy (non-hydrogen) atoms. The topological polar surface area (TPSA) is 94.8 Å². The van der Waals surface area contributed by atoms with Gasteiger partial charge >= 0.3 is 0 Å². The van der Waals surface area contributed by atoms with Crippen molar-refractivity contribution in [3.05, 3.63) is 11.6 Å². The Morgan fingerprint density at radius 2 is 1.81 bits per heavy atom. The van der Waals surface area contributed by atoms with Crippen LogP contribution in [-0.4, -0.2) is 44.7 Å². The lowest BCUT2D eigenvalue weighted by Crippen LogP contribution is -2.65. The average Bonchev–Trinajstić information content (AvgIpc) is 2.88. The van der Waals surface area contributed by atoms with Gasteiger partial charge in [0, 0.05) is 17.3 Å². The number of carbonyl (C=O) groups is 2. The van der Waals surface area contributed by atoms with Crippen LogP contribution in [0.2, 0.25) is 0 Å². The number of carbonyl (C=O) groups excluding carboxylic acids is 2. The number of fused-ring (bicyclic) bond motifs is 5. The molecule has 5 heteroatoms. The second-order valence-electron chi connectivity index (χ2n) is 9.54. The van der Waals surface area contributed by atoms with Crippen LogP contribution in [0.25, 0.3) is 0 Å². The largest absolute Gasteiger partial charge is 0.389 e. The molecule has 0 spiro atoms. The van der Waals surface area contributed by atoms with Gasteiger partial charge in [0.2, 0.25) is 0 Å². The van der Waals surface area contributed by atoms with Crippen molar-refractivity contribution in [2.45, 2.75) is 76.4 Å². The zero-order chi connectivity index (χ0) is 19.0. The van der Waals surface area contributed by atoms with Gasteiger partial charge in [-0.2, -0.15) is 0 Å². The van der Waals surface area contributed by atoms with Gasteiger partial charge in [-0.1, -0.05) is 19.4 Å². The van der Waals surface area contributed by atoms with E-state index in [-0.39, 0.29) is 17.6 Å². The van der Waals surface area contributed by atoms with E-state index in [1.165, 1.54) is 0 Å². The lowest BCUT2D eigenvalue weighted by atomic mass is 9.44. The molecule has 4 aliphatic carbocycles. The summed E-state index contributed by atoms with van der Waals surface area (Å²) < 4.78 is 0. The normalized spacial score (nSPS) is 50.5. The molecule has 0 heterocycles. The molecule has 5 nitrogen and oxygen atoms in total. The van der Waals surface area contributed by atoms with E-state index in [2.05, 4.69) is 6.92 Å². The number of hydrogen-bond donors (Lipinski definition) is 3. The zero-order valence-corrected chi connectivity index (χ0v) is 15.8. The number of aliphatic hydroxyl groups is 3. The monoisotopic (exact) mass is 362 g/mol. The molecule has 0 aromatic heterocycles. The van der Waals surface area contributed by atoms with Crippen LogP contribution in [0, 0.1) is 22.7 Å². The van der Waals surface area contributed by atoms with Gasteiger partial charge in [-0.25, -0.2) is 0 Å². The van der Waals surface area contributed by atoms with Crippen LogP contribution in [0.4, 0.5) is 0 Å². The van der Waals surface area contributed by atoms with Gasteiger partial charge in [0.25, 0.3) is 0 Å². The summed E-state index contributed by atoms with van der Waals surface area (Å²) in [4.78, 5) is 24.3. The average molecular weight is 362 g/mol. The number of aliphatic hydroxyl groups excluding tert-OH is 1. The van der Waals surface area contributed by atoms with Crippen molar-refractivity contribution in [2.75, 3.05) is 6.61 Å². The Bertz CT molecular complexity index is 699. The fraction of sp³-hybridized carbons (Fsp3) is 0.810. The standard InChI is InChI=1S/C21H30O5/c1-18-7-5-14(23)11-13(18)3-4-16-15-6-8-21(26,17(24)12-22)19(15,2)9-10-20(16,18)25/h11,15-16,22,25-26H,3-10,12H2,1-2H3/t15-,16-,18-,19-,20+,21-/m0/s1. The summed E-state index contributed by atoms with van der Waals surface area (Å²) in [6.45, 7) is 3.43. The molecule has 0 aromatic carbocycles. The van der Waals surface area contributed by atoms with E-state index in [4.69, 9.17) is 0 Å². The number of Topliss-reactive ketones (excluding diaryl/α,β-unsaturated/α-hetero) is 1. The first-order valence-corrected chi connectivity index (χ1v) is 9.95.